The number of fused-ring (bicyclic) bond motifs is 1. The summed E-state index contributed by atoms with van der Waals surface area (Å²) in [5.41, 5.74) is 1.83. The molecule has 5 heteroatoms. The summed E-state index contributed by atoms with van der Waals surface area (Å²) in [6, 6.07) is 9.66. The van der Waals surface area contributed by atoms with Crippen LogP contribution in [0.1, 0.15) is 25.8 Å². The van der Waals surface area contributed by atoms with Crippen LogP contribution < -0.4 is 5.32 Å². The molecular weight excluding hydrogens is 302 g/mol. The Balaban J connectivity index is 1.90. The molecule has 0 aliphatic rings. The van der Waals surface area contributed by atoms with Crippen molar-refractivity contribution >= 4 is 28.8 Å². The van der Waals surface area contributed by atoms with Crippen molar-refractivity contribution in [2.45, 2.75) is 20.3 Å². The van der Waals surface area contributed by atoms with Crippen molar-refractivity contribution in [1.82, 2.24) is 15.2 Å². The van der Waals surface area contributed by atoms with Crippen LogP contribution in [0, 0.1) is 0 Å². The summed E-state index contributed by atoms with van der Waals surface area (Å²) in [6.07, 6.45) is 5.30. The third-order valence-corrected chi connectivity index (χ3v) is 3.85. The maximum Gasteiger partial charge on any atom is 0.244 e. The summed E-state index contributed by atoms with van der Waals surface area (Å²) in [5.74, 6) is -0.146. The molecule has 0 saturated heterocycles. The van der Waals surface area contributed by atoms with Crippen LogP contribution in [-0.4, -0.2) is 41.3 Å². The summed E-state index contributed by atoms with van der Waals surface area (Å²) < 4.78 is 0. The van der Waals surface area contributed by atoms with Crippen LogP contribution in [0.15, 0.2) is 42.6 Å². The number of hydrogen-bond donors (Lipinski definition) is 1. The Kier molecular flexibility index (Phi) is 6.49. The van der Waals surface area contributed by atoms with Gasteiger partial charge in [0.1, 0.15) is 0 Å². The zero-order valence-corrected chi connectivity index (χ0v) is 14.2. The van der Waals surface area contributed by atoms with Gasteiger partial charge in [-0.2, -0.15) is 0 Å². The van der Waals surface area contributed by atoms with Crippen LogP contribution in [0.25, 0.3) is 17.0 Å². The van der Waals surface area contributed by atoms with Crippen molar-refractivity contribution in [3.63, 3.8) is 0 Å². The molecule has 0 aliphatic carbocycles. The normalized spacial score (nSPS) is 10.9. The van der Waals surface area contributed by atoms with Crippen LogP contribution in [0.2, 0.25) is 0 Å². The molecule has 126 valence electrons. The van der Waals surface area contributed by atoms with Gasteiger partial charge in [0.2, 0.25) is 11.8 Å². The number of carbonyl (C=O) groups excluding carboxylic acids is 2. The molecule has 0 aliphatic heterocycles. The fourth-order valence-corrected chi connectivity index (χ4v) is 2.51. The van der Waals surface area contributed by atoms with Gasteiger partial charge in [0.15, 0.2) is 0 Å². The minimum absolute atomic E-state index is 0.0596. The lowest BCUT2D eigenvalue weighted by atomic mass is 10.1. The second-order valence-electron chi connectivity index (χ2n) is 5.36. The smallest absolute Gasteiger partial charge is 0.244 e. The molecule has 2 amide bonds. The van der Waals surface area contributed by atoms with Crippen molar-refractivity contribution in [2.24, 2.45) is 0 Å². The maximum absolute atomic E-state index is 11.9. The third kappa shape index (κ3) is 4.65. The zero-order chi connectivity index (χ0) is 17.4. The third-order valence-electron chi connectivity index (χ3n) is 3.85. The molecule has 2 aromatic rings. The van der Waals surface area contributed by atoms with Gasteiger partial charge in [0.05, 0.1) is 5.52 Å². The molecule has 24 heavy (non-hydrogen) atoms. The molecule has 1 aromatic heterocycles. The van der Waals surface area contributed by atoms with Gasteiger partial charge in [0.25, 0.3) is 0 Å². The Labute approximate surface area is 142 Å². The number of benzene rings is 1. The first-order valence-corrected chi connectivity index (χ1v) is 8.23. The van der Waals surface area contributed by atoms with Crippen LogP contribution in [0.4, 0.5) is 0 Å². The molecule has 2 rings (SSSR count). The summed E-state index contributed by atoms with van der Waals surface area (Å²) >= 11 is 0. The zero-order valence-electron chi connectivity index (χ0n) is 14.2. The summed E-state index contributed by atoms with van der Waals surface area (Å²) in [5, 5.41) is 3.75. The minimum atomic E-state index is -0.205. The van der Waals surface area contributed by atoms with Gasteiger partial charge < -0.3 is 10.2 Å². The first-order valence-electron chi connectivity index (χ1n) is 8.23. The van der Waals surface area contributed by atoms with Crippen LogP contribution >= 0.6 is 0 Å². The van der Waals surface area contributed by atoms with Gasteiger partial charge in [-0.05, 0) is 37.6 Å². The highest BCUT2D eigenvalue weighted by Crippen LogP contribution is 2.17. The highest BCUT2D eigenvalue weighted by atomic mass is 16.2. The van der Waals surface area contributed by atoms with E-state index in [1.807, 2.05) is 44.2 Å². The van der Waals surface area contributed by atoms with E-state index < -0.39 is 0 Å². The monoisotopic (exact) mass is 325 g/mol. The van der Waals surface area contributed by atoms with Crippen LogP contribution in [0.3, 0.4) is 0 Å². The number of pyridine rings is 1. The Morgan fingerprint density at radius 1 is 1.17 bits per heavy atom. The SMILES string of the molecule is CCN(CC)C(=O)CCNC(=O)C=Cc1ccnc2ccccc12. The Morgan fingerprint density at radius 3 is 2.67 bits per heavy atom. The minimum Gasteiger partial charge on any atom is -0.352 e. The second-order valence-corrected chi connectivity index (χ2v) is 5.36. The summed E-state index contributed by atoms with van der Waals surface area (Å²) in [4.78, 5) is 29.8. The van der Waals surface area contributed by atoms with E-state index in [-0.39, 0.29) is 11.8 Å². The second kappa shape index (κ2) is 8.82. The predicted molar refractivity (Wildman–Crippen MR) is 96.3 cm³/mol. The van der Waals surface area contributed by atoms with E-state index in [9.17, 15) is 9.59 Å². The first-order chi connectivity index (χ1) is 11.7. The quantitative estimate of drug-likeness (QED) is 0.796. The highest BCUT2D eigenvalue weighted by molar-refractivity contribution is 5.95. The number of carbonyl (C=O) groups is 2. The van der Waals surface area contributed by atoms with E-state index in [0.29, 0.717) is 26.1 Å². The first kappa shape index (κ1) is 17.7. The Bertz CT molecular complexity index is 731. The molecule has 5 nitrogen and oxygen atoms in total. The topological polar surface area (TPSA) is 62.3 Å². The van der Waals surface area contributed by atoms with Gasteiger partial charge in [-0.3, -0.25) is 14.6 Å². The van der Waals surface area contributed by atoms with E-state index in [1.54, 1.807) is 17.2 Å². The van der Waals surface area contributed by atoms with Gasteiger partial charge in [-0.1, -0.05) is 18.2 Å². The average molecular weight is 325 g/mol. The van der Waals surface area contributed by atoms with Gasteiger partial charge in [0, 0.05) is 43.7 Å². The van der Waals surface area contributed by atoms with Gasteiger partial charge >= 0.3 is 0 Å². The van der Waals surface area contributed by atoms with E-state index in [0.717, 1.165) is 16.5 Å². The number of amides is 2. The van der Waals surface area contributed by atoms with Crippen molar-refractivity contribution in [3.8, 4) is 0 Å². The van der Waals surface area contributed by atoms with Crippen molar-refractivity contribution in [2.75, 3.05) is 19.6 Å². The molecule has 0 radical (unpaired) electrons. The van der Waals surface area contributed by atoms with Crippen LogP contribution in [-0.2, 0) is 9.59 Å². The molecule has 1 aromatic carbocycles. The van der Waals surface area contributed by atoms with E-state index in [4.69, 9.17) is 0 Å². The molecule has 1 heterocycles. The number of nitrogens with one attached hydrogen (secondary N) is 1. The lowest BCUT2D eigenvalue weighted by molar-refractivity contribution is -0.130. The van der Waals surface area contributed by atoms with E-state index in [1.165, 1.54) is 6.08 Å². The van der Waals surface area contributed by atoms with E-state index in [2.05, 4.69) is 10.3 Å². The molecule has 0 fully saturated rings. The predicted octanol–water partition coefficient (Wildman–Crippen LogP) is 2.62. The van der Waals surface area contributed by atoms with E-state index >= 15 is 0 Å². The summed E-state index contributed by atoms with van der Waals surface area (Å²) in [7, 11) is 0. The van der Waals surface area contributed by atoms with Gasteiger partial charge in [-0.25, -0.2) is 0 Å². The lowest BCUT2D eigenvalue weighted by Crippen LogP contribution is -2.33. The molecule has 0 bridgehead atoms. The molecule has 1 N–H and O–H groups in total. The Hall–Kier alpha value is -2.69. The van der Waals surface area contributed by atoms with Gasteiger partial charge in [-0.15, -0.1) is 0 Å². The van der Waals surface area contributed by atoms with Crippen LogP contribution in [0.5, 0.6) is 0 Å². The number of para-hydroxylation sites is 1. The number of aromatic nitrogens is 1. The largest absolute Gasteiger partial charge is 0.352 e. The van der Waals surface area contributed by atoms with Crippen molar-refractivity contribution < 1.29 is 9.59 Å². The van der Waals surface area contributed by atoms with Crippen molar-refractivity contribution in [1.29, 1.82) is 0 Å². The standard InChI is InChI=1S/C19H23N3O2/c1-3-22(4-2)19(24)12-14-21-18(23)10-9-15-11-13-20-17-8-6-5-7-16(15)17/h5-11,13H,3-4,12,14H2,1-2H3,(H,21,23). The summed E-state index contributed by atoms with van der Waals surface area (Å²) in [6.45, 7) is 5.62. The number of rotatable bonds is 7. The molecular formula is C19H23N3O2. The molecule has 0 atom stereocenters. The maximum atomic E-state index is 11.9. The molecule has 0 unspecified atom stereocenters. The fourth-order valence-electron chi connectivity index (χ4n) is 2.51. The molecule has 0 saturated carbocycles. The lowest BCUT2D eigenvalue weighted by Gasteiger charge is -2.18. The average Bonchev–Trinajstić information content (AvgIpc) is 2.61. The fraction of sp³-hybridized carbons (Fsp3) is 0.316. The number of nitrogens with zero attached hydrogens (tertiary/aromatic N) is 2. The Morgan fingerprint density at radius 2 is 1.92 bits per heavy atom. The number of hydrogen-bond acceptors (Lipinski definition) is 3. The van der Waals surface area contributed by atoms with Crippen molar-refractivity contribution in [3.05, 3.63) is 48.2 Å². The molecule has 0 spiro atoms. The highest BCUT2D eigenvalue weighted by Gasteiger charge is 2.09.